The van der Waals surface area contributed by atoms with Crippen LogP contribution in [0.25, 0.3) is 0 Å². The van der Waals surface area contributed by atoms with Gasteiger partial charge in [0, 0.05) is 38.9 Å². The van der Waals surface area contributed by atoms with Crippen molar-refractivity contribution in [3.63, 3.8) is 0 Å². The number of hydrogen-bond donors (Lipinski definition) is 1. The Bertz CT molecular complexity index is 530. The van der Waals surface area contributed by atoms with Gasteiger partial charge in [-0.2, -0.15) is 5.10 Å². The fourth-order valence-electron chi connectivity index (χ4n) is 3.98. The van der Waals surface area contributed by atoms with Gasteiger partial charge in [-0.3, -0.25) is 9.67 Å². The van der Waals surface area contributed by atoms with E-state index in [4.69, 9.17) is 0 Å². The van der Waals surface area contributed by atoms with Gasteiger partial charge in [0.2, 0.25) is 0 Å². The van der Waals surface area contributed by atoms with E-state index in [1.807, 2.05) is 14.0 Å². The van der Waals surface area contributed by atoms with Crippen LogP contribution >= 0.6 is 0 Å². The molecule has 136 valence electrons. The third-order valence-electron chi connectivity index (χ3n) is 5.38. The Morgan fingerprint density at radius 2 is 2.12 bits per heavy atom. The lowest BCUT2D eigenvalue weighted by Gasteiger charge is -2.24. The van der Waals surface area contributed by atoms with Gasteiger partial charge < -0.3 is 10.2 Å². The third-order valence-corrected chi connectivity index (χ3v) is 5.38. The summed E-state index contributed by atoms with van der Waals surface area (Å²) in [7, 11) is 1.90. The fourth-order valence-corrected chi connectivity index (χ4v) is 3.98. The number of aliphatic imine (C=N–C) groups is 1. The van der Waals surface area contributed by atoms with Crippen LogP contribution in [0.1, 0.15) is 50.9 Å². The molecule has 0 saturated carbocycles. The molecule has 5 nitrogen and oxygen atoms in total. The summed E-state index contributed by atoms with van der Waals surface area (Å²) in [6.45, 7) is 13.0. The summed E-state index contributed by atoms with van der Waals surface area (Å²) in [6, 6.07) is 2.13. The largest absolute Gasteiger partial charge is 0.356 e. The molecule has 5 heteroatoms. The van der Waals surface area contributed by atoms with Crippen molar-refractivity contribution in [2.45, 2.75) is 59.9 Å². The standard InChI is InChI=1S/C19H35N5/c1-6-17(7-2)18-9-12-23(14-18)19(20-5)21-10-8-11-24-16(4)13-15(3)22-24/h13,17-18H,6-12,14H2,1-5H3,(H,20,21). The maximum Gasteiger partial charge on any atom is 0.193 e. The van der Waals surface area contributed by atoms with Crippen molar-refractivity contribution in [2.75, 3.05) is 26.7 Å². The molecular weight excluding hydrogens is 298 g/mol. The second-order valence-electron chi connectivity index (χ2n) is 7.05. The van der Waals surface area contributed by atoms with E-state index >= 15 is 0 Å². The maximum absolute atomic E-state index is 4.52. The van der Waals surface area contributed by atoms with Crippen LogP contribution in [0.2, 0.25) is 0 Å². The first-order valence-electron chi connectivity index (χ1n) is 9.55. The number of nitrogens with zero attached hydrogens (tertiary/aromatic N) is 4. The number of aromatic nitrogens is 2. The average molecular weight is 334 g/mol. The molecule has 1 aromatic rings. The lowest BCUT2D eigenvalue weighted by atomic mass is 9.87. The fraction of sp³-hybridized carbons (Fsp3) is 0.789. The number of aryl methyl sites for hydroxylation is 3. The average Bonchev–Trinajstić information content (AvgIpc) is 3.16. The van der Waals surface area contributed by atoms with E-state index in [1.165, 1.54) is 25.0 Å². The summed E-state index contributed by atoms with van der Waals surface area (Å²) < 4.78 is 2.10. The number of guanidine groups is 1. The molecule has 1 saturated heterocycles. The Balaban J connectivity index is 1.76. The molecule has 0 radical (unpaired) electrons. The van der Waals surface area contributed by atoms with Crippen molar-refractivity contribution in [3.05, 3.63) is 17.5 Å². The molecule has 2 rings (SSSR count). The van der Waals surface area contributed by atoms with Crippen LogP contribution in [0.5, 0.6) is 0 Å². The zero-order valence-electron chi connectivity index (χ0n) is 16.2. The Hall–Kier alpha value is -1.52. The van der Waals surface area contributed by atoms with Gasteiger partial charge in [0.25, 0.3) is 0 Å². The molecule has 0 aromatic carbocycles. The van der Waals surface area contributed by atoms with E-state index in [-0.39, 0.29) is 0 Å². The number of hydrogen-bond acceptors (Lipinski definition) is 2. The van der Waals surface area contributed by atoms with Gasteiger partial charge in [-0.1, -0.05) is 26.7 Å². The molecule has 0 amide bonds. The van der Waals surface area contributed by atoms with Gasteiger partial charge in [0.1, 0.15) is 0 Å². The van der Waals surface area contributed by atoms with Crippen LogP contribution in [-0.2, 0) is 6.54 Å². The van der Waals surface area contributed by atoms with Crippen molar-refractivity contribution >= 4 is 5.96 Å². The van der Waals surface area contributed by atoms with E-state index < -0.39 is 0 Å². The normalized spacial score (nSPS) is 18.7. The molecule has 1 atom stereocenters. The summed E-state index contributed by atoms with van der Waals surface area (Å²) in [5.41, 5.74) is 2.34. The number of nitrogens with one attached hydrogen (secondary N) is 1. The molecule has 0 aliphatic carbocycles. The van der Waals surface area contributed by atoms with Crippen LogP contribution < -0.4 is 5.32 Å². The van der Waals surface area contributed by atoms with Crippen LogP contribution in [0.15, 0.2) is 11.1 Å². The van der Waals surface area contributed by atoms with E-state index in [0.717, 1.165) is 56.1 Å². The van der Waals surface area contributed by atoms with E-state index in [0.29, 0.717) is 0 Å². The molecule has 1 aromatic heterocycles. The molecule has 1 unspecified atom stereocenters. The van der Waals surface area contributed by atoms with Gasteiger partial charge in [-0.15, -0.1) is 0 Å². The lowest BCUT2D eigenvalue weighted by Crippen LogP contribution is -2.41. The monoisotopic (exact) mass is 333 g/mol. The topological polar surface area (TPSA) is 45.5 Å². The van der Waals surface area contributed by atoms with Crippen molar-refractivity contribution in [1.29, 1.82) is 0 Å². The third kappa shape index (κ3) is 4.74. The van der Waals surface area contributed by atoms with Gasteiger partial charge >= 0.3 is 0 Å². The van der Waals surface area contributed by atoms with Gasteiger partial charge in [-0.25, -0.2) is 0 Å². The van der Waals surface area contributed by atoms with Gasteiger partial charge in [0.15, 0.2) is 5.96 Å². The summed E-state index contributed by atoms with van der Waals surface area (Å²) in [5, 5.41) is 8.06. The smallest absolute Gasteiger partial charge is 0.193 e. The first kappa shape index (κ1) is 18.8. The quantitative estimate of drug-likeness (QED) is 0.473. The number of likely N-dealkylation sites (tertiary alicyclic amines) is 1. The summed E-state index contributed by atoms with van der Waals surface area (Å²) in [5.74, 6) is 2.75. The molecule has 2 heterocycles. The first-order chi connectivity index (χ1) is 11.6. The predicted molar refractivity (Wildman–Crippen MR) is 101 cm³/mol. The van der Waals surface area contributed by atoms with E-state index in [9.17, 15) is 0 Å². The minimum Gasteiger partial charge on any atom is -0.356 e. The van der Waals surface area contributed by atoms with Crippen molar-refractivity contribution in [2.24, 2.45) is 16.8 Å². The summed E-state index contributed by atoms with van der Waals surface area (Å²) >= 11 is 0. The molecule has 0 spiro atoms. The minimum absolute atomic E-state index is 0.827. The Kier molecular flexibility index (Phi) is 7.13. The molecular formula is C19H35N5. The lowest BCUT2D eigenvalue weighted by molar-refractivity contribution is 0.319. The Labute approximate surface area is 147 Å². The van der Waals surface area contributed by atoms with Crippen LogP contribution in [0, 0.1) is 25.7 Å². The van der Waals surface area contributed by atoms with Crippen molar-refractivity contribution in [1.82, 2.24) is 20.0 Å². The van der Waals surface area contributed by atoms with Crippen LogP contribution in [-0.4, -0.2) is 47.3 Å². The maximum atomic E-state index is 4.52. The summed E-state index contributed by atoms with van der Waals surface area (Å²) in [4.78, 5) is 6.93. The van der Waals surface area contributed by atoms with E-state index in [2.05, 4.69) is 51.8 Å². The highest BCUT2D eigenvalue weighted by molar-refractivity contribution is 5.80. The first-order valence-corrected chi connectivity index (χ1v) is 9.55. The zero-order valence-corrected chi connectivity index (χ0v) is 16.2. The highest BCUT2D eigenvalue weighted by Gasteiger charge is 2.29. The highest BCUT2D eigenvalue weighted by Crippen LogP contribution is 2.28. The second-order valence-corrected chi connectivity index (χ2v) is 7.05. The van der Waals surface area contributed by atoms with Crippen LogP contribution in [0.4, 0.5) is 0 Å². The minimum atomic E-state index is 0.827. The summed E-state index contributed by atoms with van der Waals surface area (Å²) in [6.07, 6.45) is 4.96. The molecule has 0 bridgehead atoms. The molecule has 1 N–H and O–H groups in total. The Morgan fingerprint density at radius 1 is 1.38 bits per heavy atom. The molecule has 1 aliphatic rings. The number of rotatable bonds is 7. The molecule has 1 aliphatic heterocycles. The second kappa shape index (κ2) is 9.09. The van der Waals surface area contributed by atoms with Crippen molar-refractivity contribution in [3.8, 4) is 0 Å². The predicted octanol–water partition coefficient (Wildman–Crippen LogP) is 3.22. The highest BCUT2D eigenvalue weighted by atomic mass is 15.3. The van der Waals surface area contributed by atoms with E-state index in [1.54, 1.807) is 0 Å². The van der Waals surface area contributed by atoms with Gasteiger partial charge in [-0.05, 0) is 44.6 Å². The van der Waals surface area contributed by atoms with Gasteiger partial charge in [0.05, 0.1) is 5.69 Å². The molecule has 1 fully saturated rings. The van der Waals surface area contributed by atoms with Crippen molar-refractivity contribution < 1.29 is 0 Å². The molecule has 24 heavy (non-hydrogen) atoms. The van der Waals surface area contributed by atoms with Crippen LogP contribution in [0.3, 0.4) is 0 Å². The SMILES string of the molecule is CCC(CC)C1CCN(C(=NC)NCCCn2nc(C)cc2C)C1. The zero-order chi connectivity index (χ0) is 17.5. The Morgan fingerprint density at radius 3 is 2.71 bits per heavy atom.